The third-order valence-corrected chi connectivity index (χ3v) is 2.18. The Morgan fingerprint density at radius 3 is 3.08 bits per heavy atom. The molecule has 0 saturated heterocycles. The van der Waals surface area contributed by atoms with Crippen molar-refractivity contribution in [2.45, 2.75) is 12.8 Å². The number of carbonyl (C=O) groups is 1. The Labute approximate surface area is 76.0 Å². The van der Waals surface area contributed by atoms with E-state index in [9.17, 15) is 9.90 Å². The molecule has 0 radical (unpaired) electrons. The highest BCUT2D eigenvalue weighted by Crippen LogP contribution is 2.30. The van der Waals surface area contributed by atoms with Gasteiger partial charge in [-0.3, -0.25) is 4.79 Å². The lowest BCUT2D eigenvalue weighted by atomic mass is 10.0. The van der Waals surface area contributed by atoms with E-state index in [1.807, 2.05) is 0 Å². The molecule has 1 aliphatic heterocycles. The summed E-state index contributed by atoms with van der Waals surface area (Å²) in [5.74, 6) is 0.769. The van der Waals surface area contributed by atoms with Crippen LogP contribution in [-0.2, 0) is 6.42 Å². The maximum absolute atomic E-state index is 10.5. The summed E-state index contributed by atoms with van der Waals surface area (Å²) >= 11 is 0. The molecule has 0 fully saturated rings. The number of benzene rings is 1. The summed E-state index contributed by atoms with van der Waals surface area (Å²) in [4.78, 5) is 10.5. The summed E-state index contributed by atoms with van der Waals surface area (Å²) in [6.07, 6.45) is 2.50. The number of aromatic hydroxyl groups is 1. The van der Waals surface area contributed by atoms with E-state index in [0.717, 1.165) is 24.2 Å². The van der Waals surface area contributed by atoms with Crippen molar-refractivity contribution in [3.05, 3.63) is 23.3 Å². The fraction of sp³-hybridized carbons (Fsp3) is 0.300. The second kappa shape index (κ2) is 3.09. The van der Waals surface area contributed by atoms with Crippen molar-refractivity contribution in [3.63, 3.8) is 0 Å². The van der Waals surface area contributed by atoms with Gasteiger partial charge in [0.2, 0.25) is 0 Å². The van der Waals surface area contributed by atoms with Crippen LogP contribution in [-0.4, -0.2) is 18.0 Å². The molecular weight excluding hydrogens is 168 g/mol. The maximum Gasteiger partial charge on any atom is 0.153 e. The van der Waals surface area contributed by atoms with Gasteiger partial charge >= 0.3 is 0 Å². The van der Waals surface area contributed by atoms with Crippen LogP contribution in [0.25, 0.3) is 0 Å². The van der Waals surface area contributed by atoms with Gasteiger partial charge in [0, 0.05) is 0 Å². The van der Waals surface area contributed by atoms with E-state index < -0.39 is 0 Å². The van der Waals surface area contributed by atoms with Gasteiger partial charge in [0.1, 0.15) is 11.5 Å². The molecule has 13 heavy (non-hydrogen) atoms. The summed E-state index contributed by atoms with van der Waals surface area (Å²) in [7, 11) is 0. The third-order valence-electron chi connectivity index (χ3n) is 2.18. The SMILES string of the molecule is O=Cc1cc2c(cc1O)CCCO2. The minimum Gasteiger partial charge on any atom is -0.507 e. The molecule has 0 saturated carbocycles. The third kappa shape index (κ3) is 1.37. The summed E-state index contributed by atoms with van der Waals surface area (Å²) in [5.41, 5.74) is 1.27. The number of phenolic OH excluding ortho intramolecular Hbond substituents is 1. The van der Waals surface area contributed by atoms with Crippen molar-refractivity contribution < 1.29 is 14.6 Å². The lowest BCUT2D eigenvalue weighted by Crippen LogP contribution is -2.08. The van der Waals surface area contributed by atoms with Crippen LogP contribution in [0.1, 0.15) is 22.3 Å². The Kier molecular flexibility index (Phi) is 1.93. The van der Waals surface area contributed by atoms with Crippen LogP contribution in [0.2, 0.25) is 0 Å². The normalized spacial score (nSPS) is 14.5. The molecule has 1 heterocycles. The second-order valence-corrected chi connectivity index (χ2v) is 3.09. The van der Waals surface area contributed by atoms with E-state index in [4.69, 9.17) is 4.74 Å². The smallest absolute Gasteiger partial charge is 0.153 e. The number of carbonyl (C=O) groups excluding carboxylic acids is 1. The van der Waals surface area contributed by atoms with Crippen LogP contribution in [0.5, 0.6) is 11.5 Å². The molecule has 1 aromatic rings. The van der Waals surface area contributed by atoms with Gasteiger partial charge < -0.3 is 9.84 Å². The van der Waals surface area contributed by atoms with Crippen LogP contribution in [0.4, 0.5) is 0 Å². The van der Waals surface area contributed by atoms with Gasteiger partial charge in [0.15, 0.2) is 6.29 Å². The fourth-order valence-electron chi connectivity index (χ4n) is 1.50. The zero-order chi connectivity index (χ0) is 9.26. The topological polar surface area (TPSA) is 46.5 Å². The minimum absolute atomic E-state index is 0.0410. The van der Waals surface area contributed by atoms with E-state index >= 15 is 0 Å². The molecular formula is C10H10O3. The molecule has 0 atom stereocenters. The zero-order valence-electron chi connectivity index (χ0n) is 7.12. The predicted octanol–water partition coefficient (Wildman–Crippen LogP) is 1.53. The second-order valence-electron chi connectivity index (χ2n) is 3.09. The van der Waals surface area contributed by atoms with E-state index in [2.05, 4.69) is 0 Å². The fourth-order valence-corrected chi connectivity index (χ4v) is 1.50. The standard InChI is InChI=1S/C10H10O3/c11-6-8-5-10-7(4-9(8)12)2-1-3-13-10/h4-6,12H,1-3H2. The Bertz CT molecular complexity index is 344. The zero-order valence-corrected chi connectivity index (χ0v) is 7.12. The predicted molar refractivity (Wildman–Crippen MR) is 47.3 cm³/mol. The molecule has 0 unspecified atom stereocenters. The first kappa shape index (κ1) is 8.10. The summed E-state index contributed by atoms with van der Waals surface area (Å²) in [5, 5.41) is 9.38. The van der Waals surface area contributed by atoms with Crippen molar-refractivity contribution in [1.82, 2.24) is 0 Å². The minimum atomic E-state index is 0.0410. The van der Waals surface area contributed by atoms with Gasteiger partial charge in [-0.1, -0.05) is 0 Å². The average Bonchev–Trinajstić information content (AvgIpc) is 2.17. The molecule has 0 bridgehead atoms. The summed E-state index contributed by atoms with van der Waals surface area (Å²) in [6.45, 7) is 0.691. The Morgan fingerprint density at radius 2 is 2.31 bits per heavy atom. The van der Waals surface area contributed by atoms with Crippen LogP contribution >= 0.6 is 0 Å². The van der Waals surface area contributed by atoms with E-state index in [1.54, 1.807) is 12.1 Å². The van der Waals surface area contributed by atoms with Crippen molar-refractivity contribution in [2.75, 3.05) is 6.61 Å². The van der Waals surface area contributed by atoms with E-state index in [0.29, 0.717) is 18.5 Å². The highest BCUT2D eigenvalue weighted by atomic mass is 16.5. The molecule has 0 amide bonds. The van der Waals surface area contributed by atoms with Gasteiger partial charge in [-0.05, 0) is 30.5 Å². The average molecular weight is 178 g/mol. The number of hydrogen-bond donors (Lipinski definition) is 1. The quantitative estimate of drug-likeness (QED) is 0.663. The molecule has 3 heteroatoms. The highest BCUT2D eigenvalue weighted by Gasteiger charge is 2.13. The van der Waals surface area contributed by atoms with Crippen molar-refractivity contribution in [3.8, 4) is 11.5 Å². The Hall–Kier alpha value is -1.51. The van der Waals surface area contributed by atoms with Crippen LogP contribution in [0.15, 0.2) is 12.1 Å². The van der Waals surface area contributed by atoms with Gasteiger partial charge in [-0.25, -0.2) is 0 Å². The number of aryl methyl sites for hydroxylation is 1. The number of ether oxygens (including phenoxy) is 1. The van der Waals surface area contributed by atoms with Gasteiger partial charge in [-0.15, -0.1) is 0 Å². The molecule has 1 aromatic carbocycles. The van der Waals surface area contributed by atoms with Gasteiger partial charge in [0.05, 0.1) is 12.2 Å². The molecule has 3 nitrogen and oxygen atoms in total. The first-order valence-corrected chi connectivity index (χ1v) is 4.25. The van der Waals surface area contributed by atoms with Crippen molar-refractivity contribution in [2.24, 2.45) is 0 Å². The highest BCUT2D eigenvalue weighted by molar-refractivity contribution is 5.80. The first-order chi connectivity index (χ1) is 6.31. The Balaban J connectivity index is 2.50. The number of fused-ring (bicyclic) bond motifs is 1. The number of rotatable bonds is 1. The van der Waals surface area contributed by atoms with Crippen LogP contribution in [0, 0.1) is 0 Å². The molecule has 1 N–H and O–H groups in total. The summed E-state index contributed by atoms with van der Waals surface area (Å²) < 4.78 is 5.35. The molecule has 0 aliphatic carbocycles. The lowest BCUT2D eigenvalue weighted by molar-refractivity contribution is 0.112. The molecule has 1 aliphatic rings. The number of phenols is 1. The lowest BCUT2D eigenvalue weighted by Gasteiger charge is -2.17. The summed E-state index contributed by atoms with van der Waals surface area (Å²) in [6, 6.07) is 3.20. The van der Waals surface area contributed by atoms with Crippen molar-refractivity contribution >= 4 is 6.29 Å². The first-order valence-electron chi connectivity index (χ1n) is 4.25. The van der Waals surface area contributed by atoms with Gasteiger partial charge in [0.25, 0.3) is 0 Å². The number of hydrogen-bond acceptors (Lipinski definition) is 3. The largest absolute Gasteiger partial charge is 0.507 e. The Morgan fingerprint density at radius 1 is 1.46 bits per heavy atom. The molecule has 0 aromatic heterocycles. The molecule has 2 rings (SSSR count). The van der Waals surface area contributed by atoms with E-state index in [-0.39, 0.29) is 5.75 Å². The molecule has 0 spiro atoms. The van der Waals surface area contributed by atoms with E-state index in [1.165, 1.54) is 0 Å². The maximum atomic E-state index is 10.5. The van der Waals surface area contributed by atoms with Gasteiger partial charge in [-0.2, -0.15) is 0 Å². The van der Waals surface area contributed by atoms with Crippen LogP contribution in [0.3, 0.4) is 0 Å². The van der Waals surface area contributed by atoms with Crippen molar-refractivity contribution in [1.29, 1.82) is 0 Å². The molecule has 68 valence electrons. The number of aldehydes is 1. The monoisotopic (exact) mass is 178 g/mol. The van der Waals surface area contributed by atoms with Crippen LogP contribution < -0.4 is 4.74 Å².